The first-order chi connectivity index (χ1) is 4.55. The molecule has 0 aromatic rings. The molecule has 0 spiro atoms. The second kappa shape index (κ2) is 2.01. The highest BCUT2D eigenvalue weighted by molar-refractivity contribution is 6.03. The van der Waals surface area contributed by atoms with E-state index in [0.29, 0.717) is 0 Å². The monoisotopic (exact) mass is 142 g/mol. The maximum absolute atomic E-state index is 10.7. The second-order valence-electron chi connectivity index (χ2n) is 2.82. The molecule has 2 N–H and O–H groups in total. The van der Waals surface area contributed by atoms with Crippen LogP contribution < -0.4 is 0 Å². The zero-order valence-corrected chi connectivity index (χ0v) is 5.96. The van der Waals surface area contributed by atoms with Gasteiger partial charge in [0.15, 0.2) is 5.76 Å². The average Bonchev–Trinajstić information content (AvgIpc) is 1.87. The highest BCUT2D eigenvalue weighted by atomic mass is 16.3. The molecule has 0 radical (unpaired) electrons. The summed E-state index contributed by atoms with van der Waals surface area (Å²) >= 11 is 0. The Morgan fingerprint density at radius 3 is 2.10 bits per heavy atom. The lowest BCUT2D eigenvalue weighted by Crippen LogP contribution is -2.34. The smallest absolute Gasteiger partial charge is 0.211 e. The number of aliphatic hydroxyl groups is 2. The molecule has 0 heterocycles. The van der Waals surface area contributed by atoms with Gasteiger partial charge in [-0.05, 0) is 5.92 Å². The first kappa shape index (κ1) is 7.12. The highest BCUT2D eigenvalue weighted by Crippen LogP contribution is 2.32. The number of aliphatic hydroxyl groups excluding tert-OH is 2. The van der Waals surface area contributed by atoms with Crippen molar-refractivity contribution >= 4 is 5.78 Å². The molecule has 1 rings (SSSR count). The predicted octanol–water partition coefficient (Wildman–Crippen LogP) is 1.17. The molecule has 0 aromatic heterocycles. The maximum atomic E-state index is 10.7. The summed E-state index contributed by atoms with van der Waals surface area (Å²) in [6.07, 6.45) is 0. The molecule has 3 nitrogen and oxygen atoms in total. The SMILES string of the molecule is CC(C)C1C(=O)C(O)=C1O. The number of rotatable bonds is 1. The predicted molar refractivity (Wildman–Crippen MR) is 35.6 cm³/mol. The molecule has 1 atom stereocenters. The van der Waals surface area contributed by atoms with Gasteiger partial charge in [-0.2, -0.15) is 0 Å². The third kappa shape index (κ3) is 0.701. The Hall–Kier alpha value is -0.990. The number of Topliss-reactive ketones (excluding diaryl/α,β-unsaturated/α-hetero) is 1. The molecule has 56 valence electrons. The summed E-state index contributed by atoms with van der Waals surface area (Å²) in [5, 5.41) is 17.6. The number of allylic oxidation sites excluding steroid dienone is 2. The lowest BCUT2D eigenvalue weighted by Gasteiger charge is -2.26. The van der Waals surface area contributed by atoms with Gasteiger partial charge in [0.05, 0.1) is 5.92 Å². The Morgan fingerprint density at radius 2 is 1.90 bits per heavy atom. The van der Waals surface area contributed by atoms with Crippen LogP contribution in [-0.4, -0.2) is 16.0 Å². The van der Waals surface area contributed by atoms with Crippen LogP contribution in [0.4, 0.5) is 0 Å². The highest BCUT2D eigenvalue weighted by Gasteiger charge is 2.41. The van der Waals surface area contributed by atoms with E-state index in [1.807, 2.05) is 13.8 Å². The van der Waals surface area contributed by atoms with Crippen LogP contribution in [0, 0.1) is 11.8 Å². The molecule has 1 aliphatic rings. The van der Waals surface area contributed by atoms with Crippen molar-refractivity contribution < 1.29 is 15.0 Å². The first-order valence-corrected chi connectivity index (χ1v) is 3.22. The quantitative estimate of drug-likeness (QED) is 0.577. The Labute approximate surface area is 59.0 Å². The van der Waals surface area contributed by atoms with Gasteiger partial charge in [-0.1, -0.05) is 13.8 Å². The number of ketones is 1. The molecule has 0 saturated carbocycles. The summed E-state index contributed by atoms with van der Waals surface area (Å²) in [6, 6.07) is 0. The van der Waals surface area contributed by atoms with Crippen molar-refractivity contribution in [2.24, 2.45) is 11.8 Å². The standard InChI is InChI=1S/C7H10O3/c1-3(2)4-5(8)7(10)6(4)9/h3-4,8,10H,1-2H3. The largest absolute Gasteiger partial charge is 0.508 e. The van der Waals surface area contributed by atoms with E-state index in [4.69, 9.17) is 10.2 Å². The molecule has 0 amide bonds. The fourth-order valence-corrected chi connectivity index (χ4v) is 1.09. The van der Waals surface area contributed by atoms with Crippen molar-refractivity contribution in [3.05, 3.63) is 11.5 Å². The summed E-state index contributed by atoms with van der Waals surface area (Å²) in [7, 11) is 0. The third-order valence-corrected chi connectivity index (χ3v) is 1.72. The minimum Gasteiger partial charge on any atom is -0.508 e. The minimum absolute atomic E-state index is 0.0726. The summed E-state index contributed by atoms with van der Waals surface area (Å²) in [6.45, 7) is 3.65. The molecule has 10 heavy (non-hydrogen) atoms. The average molecular weight is 142 g/mol. The van der Waals surface area contributed by atoms with Crippen LogP contribution in [0.3, 0.4) is 0 Å². The topological polar surface area (TPSA) is 57.5 Å². The van der Waals surface area contributed by atoms with Crippen molar-refractivity contribution in [3.63, 3.8) is 0 Å². The van der Waals surface area contributed by atoms with Crippen LogP contribution >= 0.6 is 0 Å². The van der Waals surface area contributed by atoms with Crippen molar-refractivity contribution in [3.8, 4) is 0 Å². The Kier molecular flexibility index (Phi) is 1.43. The number of hydrogen-bond donors (Lipinski definition) is 2. The van der Waals surface area contributed by atoms with Gasteiger partial charge in [0, 0.05) is 0 Å². The van der Waals surface area contributed by atoms with Crippen LogP contribution in [0.1, 0.15) is 13.8 Å². The van der Waals surface area contributed by atoms with Crippen LogP contribution in [0.25, 0.3) is 0 Å². The van der Waals surface area contributed by atoms with Gasteiger partial charge in [0.2, 0.25) is 5.78 Å². The Morgan fingerprint density at radius 1 is 1.40 bits per heavy atom. The zero-order valence-electron chi connectivity index (χ0n) is 5.96. The lowest BCUT2D eigenvalue weighted by atomic mass is 9.80. The molecule has 0 saturated heterocycles. The number of carbonyl (C=O) groups is 1. The summed E-state index contributed by atoms with van der Waals surface area (Å²) in [5.41, 5.74) is 0. The van der Waals surface area contributed by atoms with E-state index in [2.05, 4.69) is 0 Å². The Bertz CT molecular complexity index is 203. The van der Waals surface area contributed by atoms with Crippen molar-refractivity contribution in [1.29, 1.82) is 0 Å². The van der Waals surface area contributed by atoms with E-state index in [9.17, 15) is 4.79 Å². The van der Waals surface area contributed by atoms with Gasteiger partial charge in [-0.3, -0.25) is 4.79 Å². The van der Waals surface area contributed by atoms with Gasteiger partial charge < -0.3 is 10.2 Å². The van der Waals surface area contributed by atoms with Crippen LogP contribution in [0.5, 0.6) is 0 Å². The van der Waals surface area contributed by atoms with E-state index in [1.165, 1.54) is 0 Å². The van der Waals surface area contributed by atoms with E-state index < -0.39 is 11.7 Å². The van der Waals surface area contributed by atoms with Gasteiger partial charge in [-0.15, -0.1) is 0 Å². The molecule has 3 heteroatoms. The van der Waals surface area contributed by atoms with Gasteiger partial charge >= 0.3 is 0 Å². The molecule has 0 aliphatic heterocycles. The van der Waals surface area contributed by atoms with Gasteiger partial charge in [0.1, 0.15) is 5.76 Å². The fraction of sp³-hybridized carbons (Fsp3) is 0.571. The molecule has 0 bridgehead atoms. The normalized spacial score (nSPS) is 25.5. The van der Waals surface area contributed by atoms with E-state index in [-0.39, 0.29) is 17.5 Å². The molecular weight excluding hydrogens is 132 g/mol. The fourth-order valence-electron chi connectivity index (χ4n) is 1.09. The first-order valence-electron chi connectivity index (χ1n) is 3.22. The van der Waals surface area contributed by atoms with Crippen LogP contribution in [0.15, 0.2) is 11.5 Å². The van der Waals surface area contributed by atoms with Gasteiger partial charge in [-0.25, -0.2) is 0 Å². The van der Waals surface area contributed by atoms with Crippen molar-refractivity contribution in [1.82, 2.24) is 0 Å². The molecule has 0 aromatic carbocycles. The summed E-state index contributed by atoms with van der Waals surface area (Å²) in [4.78, 5) is 10.7. The second-order valence-corrected chi connectivity index (χ2v) is 2.82. The van der Waals surface area contributed by atoms with Crippen molar-refractivity contribution in [2.45, 2.75) is 13.8 Å². The van der Waals surface area contributed by atoms with Crippen LogP contribution in [0.2, 0.25) is 0 Å². The third-order valence-electron chi connectivity index (χ3n) is 1.72. The summed E-state index contributed by atoms with van der Waals surface area (Å²) < 4.78 is 0. The lowest BCUT2D eigenvalue weighted by molar-refractivity contribution is -0.127. The van der Waals surface area contributed by atoms with Crippen LogP contribution in [-0.2, 0) is 4.79 Å². The van der Waals surface area contributed by atoms with E-state index in [1.54, 1.807) is 0 Å². The number of hydrogen-bond acceptors (Lipinski definition) is 3. The van der Waals surface area contributed by atoms with Gasteiger partial charge in [0.25, 0.3) is 0 Å². The molecule has 0 fully saturated rings. The summed E-state index contributed by atoms with van der Waals surface area (Å²) in [5.74, 6) is -1.34. The maximum Gasteiger partial charge on any atom is 0.211 e. The van der Waals surface area contributed by atoms with E-state index >= 15 is 0 Å². The van der Waals surface area contributed by atoms with E-state index in [0.717, 1.165) is 0 Å². The molecule has 1 unspecified atom stereocenters. The minimum atomic E-state index is -0.460. The van der Waals surface area contributed by atoms with Crippen molar-refractivity contribution in [2.75, 3.05) is 0 Å². The Balaban J connectivity index is 2.81. The number of carbonyl (C=O) groups excluding carboxylic acids is 1. The molecular formula is C7H10O3. The molecule has 1 aliphatic carbocycles. The zero-order chi connectivity index (χ0) is 7.89.